The van der Waals surface area contributed by atoms with Crippen molar-refractivity contribution in [1.82, 2.24) is 0 Å². The minimum atomic E-state index is 1.13. The van der Waals surface area contributed by atoms with Crippen LogP contribution in [0.5, 0.6) is 0 Å². The Labute approximate surface area is 112 Å². The van der Waals surface area contributed by atoms with Gasteiger partial charge >= 0.3 is 0 Å². The molecule has 1 rings (SSSR count). The van der Waals surface area contributed by atoms with Gasteiger partial charge in [0.1, 0.15) is 0 Å². The van der Waals surface area contributed by atoms with Gasteiger partial charge in [0.05, 0.1) is 0 Å². The molecule has 0 aliphatic rings. The molecule has 0 aromatic heterocycles. The van der Waals surface area contributed by atoms with Crippen molar-refractivity contribution in [3.05, 3.63) is 46.7 Å². The van der Waals surface area contributed by atoms with E-state index in [1.807, 2.05) is 0 Å². The molecule has 0 aliphatic heterocycles. The number of unbranched alkanes of at least 4 members (excludes halogenated alkanes) is 2. The molecule has 0 saturated heterocycles. The van der Waals surface area contributed by atoms with Gasteiger partial charge in [-0.2, -0.15) is 0 Å². The van der Waals surface area contributed by atoms with Crippen LogP contribution in [0.15, 0.2) is 30.0 Å². The van der Waals surface area contributed by atoms with E-state index in [9.17, 15) is 0 Å². The molecule has 0 heteroatoms. The Kier molecular flexibility index (Phi) is 6.54. The molecular formula is C18H26. The van der Waals surface area contributed by atoms with Crippen LogP contribution in [0.4, 0.5) is 0 Å². The summed E-state index contributed by atoms with van der Waals surface area (Å²) in [5.74, 6) is 0. The van der Waals surface area contributed by atoms with E-state index >= 15 is 0 Å². The van der Waals surface area contributed by atoms with Crippen molar-refractivity contribution in [3.8, 4) is 0 Å². The molecule has 18 heavy (non-hydrogen) atoms. The smallest absolute Gasteiger partial charge is 0.00114 e. The molecule has 0 radical (unpaired) electrons. The zero-order valence-electron chi connectivity index (χ0n) is 12.3. The molecule has 0 N–H and O–H groups in total. The van der Waals surface area contributed by atoms with Crippen molar-refractivity contribution < 1.29 is 0 Å². The van der Waals surface area contributed by atoms with Crippen LogP contribution in [0.25, 0.3) is 5.57 Å². The van der Waals surface area contributed by atoms with E-state index < -0.39 is 0 Å². The molecule has 0 nitrogen and oxygen atoms in total. The summed E-state index contributed by atoms with van der Waals surface area (Å²) < 4.78 is 0. The Morgan fingerprint density at radius 3 is 2.61 bits per heavy atom. The number of allylic oxidation sites excluding steroid dienone is 1. The monoisotopic (exact) mass is 242 g/mol. The maximum atomic E-state index is 3.53. The molecule has 0 heterocycles. The van der Waals surface area contributed by atoms with Crippen molar-refractivity contribution in [2.75, 3.05) is 0 Å². The summed E-state index contributed by atoms with van der Waals surface area (Å²) in [5, 5.41) is 0. The lowest BCUT2D eigenvalue weighted by atomic mass is 9.95. The van der Waals surface area contributed by atoms with Gasteiger partial charge in [0.15, 0.2) is 0 Å². The Bertz CT molecular complexity index is 431. The van der Waals surface area contributed by atoms with E-state index in [0.717, 1.165) is 12.8 Å². The summed E-state index contributed by atoms with van der Waals surface area (Å²) >= 11 is 0. The predicted molar refractivity (Wildman–Crippen MR) is 81.8 cm³/mol. The van der Waals surface area contributed by atoms with Crippen LogP contribution in [0.2, 0.25) is 0 Å². The Morgan fingerprint density at radius 1 is 1.17 bits per heavy atom. The van der Waals surface area contributed by atoms with E-state index in [4.69, 9.17) is 0 Å². The molecule has 0 spiro atoms. The van der Waals surface area contributed by atoms with Crippen molar-refractivity contribution in [2.45, 2.75) is 59.8 Å². The fourth-order valence-electron chi connectivity index (χ4n) is 2.04. The van der Waals surface area contributed by atoms with Gasteiger partial charge in [-0.15, -0.1) is 5.73 Å². The summed E-state index contributed by atoms with van der Waals surface area (Å²) in [6.45, 7) is 8.82. The summed E-state index contributed by atoms with van der Waals surface area (Å²) in [6.07, 6.45) is 8.15. The van der Waals surface area contributed by atoms with Gasteiger partial charge in [-0.1, -0.05) is 50.5 Å². The topological polar surface area (TPSA) is 0 Å². The van der Waals surface area contributed by atoms with Crippen molar-refractivity contribution in [1.29, 1.82) is 0 Å². The lowest BCUT2D eigenvalue weighted by molar-refractivity contribution is 0.824. The van der Waals surface area contributed by atoms with E-state index in [1.165, 1.54) is 41.5 Å². The summed E-state index contributed by atoms with van der Waals surface area (Å²) in [5.41, 5.74) is 9.00. The van der Waals surface area contributed by atoms with Crippen LogP contribution in [0.1, 0.15) is 62.6 Å². The van der Waals surface area contributed by atoms with E-state index in [1.54, 1.807) is 0 Å². The lowest BCUT2D eigenvalue weighted by Gasteiger charge is -2.09. The minimum Gasteiger partial charge on any atom is -0.121 e. The summed E-state index contributed by atoms with van der Waals surface area (Å²) in [4.78, 5) is 0. The Balaban J connectivity index is 3.08. The zero-order valence-corrected chi connectivity index (χ0v) is 12.3. The van der Waals surface area contributed by atoms with Gasteiger partial charge in [-0.3, -0.25) is 0 Å². The molecule has 0 aliphatic carbocycles. The number of hydrogen-bond acceptors (Lipinski definition) is 0. The van der Waals surface area contributed by atoms with Crippen LogP contribution in [0.3, 0.4) is 0 Å². The molecule has 98 valence electrons. The number of benzene rings is 1. The van der Waals surface area contributed by atoms with Crippen LogP contribution in [-0.2, 0) is 0 Å². The van der Waals surface area contributed by atoms with Gasteiger partial charge in [0.2, 0.25) is 0 Å². The van der Waals surface area contributed by atoms with Crippen molar-refractivity contribution in [3.63, 3.8) is 0 Å². The molecule has 1 aromatic carbocycles. The highest BCUT2D eigenvalue weighted by Crippen LogP contribution is 2.24. The van der Waals surface area contributed by atoms with Gasteiger partial charge in [-0.05, 0) is 50.3 Å². The van der Waals surface area contributed by atoms with E-state index in [2.05, 4.69) is 57.7 Å². The SMILES string of the molecule is CCCC=C=C(CCCC)c1cc(C)ccc1C. The predicted octanol–water partition coefficient (Wildman–Crippen LogP) is 5.83. The lowest BCUT2D eigenvalue weighted by Crippen LogP contribution is -1.90. The maximum absolute atomic E-state index is 3.53. The third-order valence-corrected chi connectivity index (χ3v) is 3.21. The highest BCUT2D eigenvalue weighted by Gasteiger charge is 2.04. The molecule has 0 fully saturated rings. The largest absolute Gasteiger partial charge is 0.121 e. The van der Waals surface area contributed by atoms with Crippen molar-refractivity contribution in [2.24, 2.45) is 0 Å². The first-order valence-corrected chi connectivity index (χ1v) is 7.20. The second-order valence-electron chi connectivity index (χ2n) is 5.04. The standard InChI is InChI=1S/C18H26/c1-5-7-9-11-17(10-8-6-2)18-14-15(3)12-13-16(18)4/h9,12-14H,5-8,10H2,1-4H3. The first-order chi connectivity index (χ1) is 8.69. The molecule has 0 bridgehead atoms. The van der Waals surface area contributed by atoms with Gasteiger partial charge < -0.3 is 0 Å². The van der Waals surface area contributed by atoms with Gasteiger partial charge in [0, 0.05) is 5.57 Å². The summed E-state index contributed by atoms with van der Waals surface area (Å²) in [7, 11) is 0. The molecule has 0 saturated carbocycles. The van der Waals surface area contributed by atoms with Gasteiger partial charge in [-0.25, -0.2) is 0 Å². The summed E-state index contributed by atoms with van der Waals surface area (Å²) in [6, 6.07) is 6.71. The Hall–Kier alpha value is -1.26. The highest BCUT2D eigenvalue weighted by atomic mass is 14.1. The van der Waals surface area contributed by atoms with Crippen molar-refractivity contribution >= 4 is 5.57 Å². The Morgan fingerprint density at radius 2 is 1.94 bits per heavy atom. The zero-order chi connectivity index (χ0) is 13.4. The number of hydrogen-bond donors (Lipinski definition) is 0. The molecule has 1 aromatic rings. The van der Waals surface area contributed by atoms with Crippen LogP contribution in [0, 0.1) is 13.8 Å². The third-order valence-electron chi connectivity index (χ3n) is 3.21. The molecule has 0 amide bonds. The van der Waals surface area contributed by atoms with Crippen LogP contribution >= 0.6 is 0 Å². The van der Waals surface area contributed by atoms with E-state index in [0.29, 0.717) is 0 Å². The second-order valence-corrected chi connectivity index (χ2v) is 5.04. The quantitative estimate of drug-likeness (QED) is 0.550. The number of rotatable bonds is 6. The number of aryl methyl sites for hydroxylation is 2. The maximum Gasteiger partial charge on any atom is 0.00114 e. The molecule has 0 unspecified atom stereocenters. The highest BCUT2D eigenvalue weighted by molar-refractivity contribution is 5.68. The van der Waals surface area contributed by atoms with Gasteiger partial charge in [0.25, 0.3) is 0 Å². The normalized spacial score (nSPS) is 10.0. The molecule has 0 atom stereocenters. The average Bonchev–Trinajstić information content (AvgIpc) is 2.37. The first-order valence-electron chi connectivity index (χ1n) is 7.20. The average molecular weight is 242 g/mol. The van der Waals surface area contributed by atoms with E-state index in [-0.39, 0.29) is 0 Å². The fourth-order valence-corrected chi connectivity index (χ4v) is 2.04. The molecular weight excluding hydrogens is 216 g/mol. The second kappa shape index (κ2) is 7.95. The van der Waals surface area contributed by atoms with Crippen LogP contribution < -0.4 is 0 Å². The van der Waals surface area contributed by atoms with Crippen LogP contribution in [-0.4, -0.2) is 0 Å². The third kappa shape index (κ3) is 4.55. The first kappa shape index (κ1) is 14.8. The minimum absolute atomic E-state index is 1.13. The fraction of sp³-hybridized carbons (Fsp3) is 0.500.